The number of hydrogen-bond donors (Lipinski definition) is 1. The maximum atomic E-state index is 12.9. The van der Waals surface area contributed by atoms with Crippen LogP contribution in [0.2, 0.25) is 5.02 Å². The van der Waals surface area contributed by atoms with Gasteiger partial charge in [0.25, 0.3) is 0 Å². The topological polar surface area (TPSA) is 69.7 Å². The number of sulfonamides is 1. The molecule has 6 nitrogen and oxygen atoms in total. The molecule has 2 aromatic rings. The summed E-state index contributed by atoms with van der Waals surface area (Å²) >= 11 is 7.78. The van der Waals surface area contributed by atoms with Crippen LogP contribution in [0.25, 0.3) is 0 Å². The third kappa shape index (κ3) is 4.26. The van der Waals surface area contributed by atoms with Crippen molar-refractivity contribution in [2.24, 2.45) is 0 Å². The second kappa shape index (κ2) is 8.51. The first-order valence-corrected chi connectivity index (χ1v) is 11.7. The number of benzene rings is 1. The lowest BCUT2D eigenvalue weighted by molar-refractivity contribution is -0.121. The summed E-state index contributed by atoms with van der Waals surface area (Å²) in [6.07, 6.45) is 2.08. The van der Waals surface area contributed by atoms with Gasteiger partial charge in [0.15, 0.2) is 0 Å². The van der Waals surface area contributed by atoms with E-state index in [1.165, 1.54) is 31.1 Å². The first-order chi connectivity index (χ1) is 13.2. The van der Waals surface area contributed by atoms with Gasteiger partial charge in [0.2, 0.25) is 15.9 Å². The standard InChI is InChI=1S/C19H24ClN3O3S2/c1-13(23-10-4-6-16(23)17-7-5-11-27-17)19(24)21-14-8-9-15(20)18(12-14)28(25,26)22(2)3/h5,7-9,11-13,16H,4,6,10H2,1-3H3,(H,21,24)/t13-,16-/m1/s1. The van der Waals surface area contributed by atoms with E-state index in [4.69, 9.17) is 11.6 Å². The molecule has 0 radical (unpaired) electrons. The summed E-state index contributed by atoms with van der Waals surface area (Å²) in [5.41, 5.74) is 0.411. The van der Waals surface area contributed by atoms with Crippen molar-refractivity contribution in [2.75, 3.05) is 26.0 Å². The second-order valence-electron chi connectivity index (χ2n) is 7.01. The number of thiophene rings is 1. The lowest BCUT2D eigenvalue weighted by Gasteiger charge is -2.29. The number of halogens is 1. The van der Waals surface area contributed by atoms with E-state index in [1.807, 2.05) is 13.0 Å². The fourth-order valence-corrected chi connectivity index (χ4v) is 5.69. The molecule has 2 atom stereocenters. The zero-order valence-corrected chi connectivity index (χ0v) is 18.4. The molecule has 0 saturated carbocycles. The molecule has 1 fully saturated rings. The van der Waals surface area contributed by atoms with E-state index in [1.54, 1.807) is 17.4 Å². The minimum Gasteiger partial charge on any atom is -0.325 e. The largest absolute Gasteiger partial charge is 0.325 e. The van der Waals surface area contributed by atoms with Crippen molar-refractivity contribution < 1.29 is 13.2 Å². The van der Waals surface area contributed by atoms with Crippen LogP contribution in [-0.2, 0) is 14.8 Å². The predicted molar refractivity (Wildman–Crippen MR) is 113 cm³/mol. The Bertz CT molecular complexity index is 945. The molecule has 9 heteroatoms. The Hall–Kier alpha value is -1.45. The second-order valence-corrected chi connectivity index (χ2v) is 10.5. The molecule has 1 aliphatic heterocycles. The summed E-state index contributed by atoms with van der Waals surface area (Å²) < 4.78 is 26.0. The predicted octanol–water partition coefficient (Wildman–Crippen LogP) is 3.82. The lowest BCUT2D eigenvalue weighted by Crippen LogP contribution is -2.41. The molecule has 2 heterocycles. The van der Waals surface area contributed by atoms with E-state index in [0.717, 1.165) is 23.7 Å². The minimum absolute atomic E-state index is 0.0257. The van der Waals surface area contributed by atoms with Crippen molar-refractivity contribution in [1.82, 2.24) is 9.21 Å². The fraction of sp³-hybridized carbons (Fsp3) is 0.421. The Kier molecular flexibility index (Phi) is 6.46. The van der Waals surface area contributed by atoms with Crippen LogP contribution in [0.5, 0.6) is 0 Å². The van der Waals surface area contributed by atoms with Crippen molar-refractivity contribution in [3.63, 3.8) is 0 Å². The van der Waals surface area contributed by atoms with Crippen molar-refractivity contribution in [3.05, 3.63) is 45.6 Å². The highest BCUT2D eigenvalue weighted by Gasteiger charge is 2.33. The molecular formula is C19H24ClN3O3S2. The van der Waals surface area contributed by atoms with Crippen LogP contribution in [0.15, 0.2) is 40.6 Å². The molecule has 28 heavy (non-hydrogen) atoms. The number of amides is 1. The zero-order chi connectivity index (χ0) is 20.5. The van der Waals surface area contributed by atoms with Gasteiger partial charge in [-0.3, -0.25) is 9.69 Å². The van der Waals surface area contributed by atoms with E-state index in [0.29, 0.717) is 5.69 Å². The fourth-order valence-electron chi connectivity index (χ4n) is 3.41. The molecule has 0 unspecified atom stereocenters. The van der Waals surface area contributed by atoms with Gasteiger partial charge in [0, 0.05) is 30.7 Å². The number of anilines is 1. The molecule has 1 aromatic heterocycles. The average Bonchev–Trinajstić information content (AvgIpc) is 3.33. The van der Waals surface area contributed by atoms with Crippen LogP contribution < -0.4 is 5.32 Å². The summed E-state index contributed by atoms with van der Waals surface area (Å²) in [6.45, 7) is 2.74. The van der Waals surface area contributed by atoms with E-state index in [2.05, 4.69) is 21.7 Å². The van der Waals surface area contributed by atoms with Gasteiger partial charge < -0.3 is 5.32 Å². The smallest absolute Gasteiger partial charge is 0.244 e. The van der Waals surface area contributed by atoms with Gasteiger partial charge in [-0.2, -0.15) is 0 Å². The highest BCUT2D eigenvalue weighted by atomic mass is 35.5. The average molecular weight is 442 g/mol. The minimum atomic E-state index is -3.70. The maximum absolute atomic E-state index is 12.9. The molecule has 1 aliphatic rings. The van der Waals surface area contributed by atoms with Gasteiger partial charge in [-0.15, -0.1) is 11.3 Å². The van der Waals surface area contributed by atoms with Gasteiger partial charge in [0.1, 0.15) is 4.90 Å². The van der Waals surface area contributed by atoms with Crippen LogP contribution in [0.1, 0.15) is 30.7 Å². The normalized spacial score (nSPS) is 19.1. The Labute approximate surface area is 175 Å². The summed E-state index contributed by atoms with van der Waals surface area (Å²) in [5, 5.41) is 5.02. The Morgan fingerprint density at radius 1 is 1.36 bits per heavy atom. The first-order valence-electron chi connectivity index (χ1n) is 9.04. The number of rotatable bonds is 6. The summed E-state index contributed by atoms with van der Waals surface area (Å²) in [5.74, 6) is -0.168. The highest BCUT2D eigenvalue weighted by molar-refractivity contribution is 7.89. The summed E-state index contributed by atoms with van der Waals surface area (Å²) in [6, 6.07) is 8.56. The zero-order valence-electron chi connectivity index (χ0n) is 16.1. The number of carbonyl (C=O) groups is 1. The van der Waals surface area contributed by atoms with Crippen molar-refractivity contribution in [2.45, 2.75) is 36.7 Å². The number of nitrogens with one attached hydrogen (secondary N) is 1. The molecule has 1 aromatic carbocycles. The number of hydrogen-bond acceptors (Lipinski definition) is 5. The SMILES string of the molecule is C[C@H](C(=O)Nc1ccc(Cl)c(S(=O)(=O)N(C)C)c1)N1CCC[C@@H]1c1cccs1. The van der Waals surface area contributed by atoms with Crippen LogP contribution >= 0.6 is 22.9 Å². The molecule has 0 bridgehead atoms. The van der Waals surface area contributed by atoms with E-state index >= 15 is 0 Å². The number of carbonyl (C=O) groups excluding carboxylic acids is 1. The molecule has 1 N–H and O–H groups in total. The van der Waals surface area contributed by atoms with Gasteiger partial charge in [-0.05, 0) is 56.0 Å². The lowest BCUT2D eigenvalue weighted by atomic mass is 10.1. The van der Waals surface area contributed by atoms with Gasteiger partial charge in [-0.1, -0.05) is 17.7 Å². The number of likely N-dealkylation sites (tertiary alicyclic amines) is 1. The van der Waals surface area contributed by atoms with Gasteiger partial charge in [0.05, 0.1) is 11.1 Å². The van der Waals surface area contributed by atoms with E-state index < -0.39 is 10.0 Å². The van der Waals surface area contributed by atoms with E-state index in [9.17, 15) is 13.2 Å². The Morgan fingerprint density at radius 2 is 2.11 bits per heavy atom. The monoisotopic (exact) mass is 441 g/mol. The molecule has 0 spiro atoms. The molecule has 1 saturated heterocycles. The Morgan fingerprint density at radius 3 is 2.75 bits per heavy atom. The number of nitrogens with zero attached hydrogens (tertiary/aromatic N) is 2. The van der Waals surface area contributed by atoms with Crippen LogP contribution in [-0.4, -0.2) is 50.2 Å². The molecule has 152 valence electrons. The van der Waals surface area contributed by atoms with Crippen LogP contribution in [0.3, 0.4) is 0 Å². The summed E-state index contributed by atoms with van der Waals surface area (Å²) in [7, 11) is -0.816. The molecular weight excluding hydrogens is 418 g/mol. The van der Waals surface area contributed by atoms with Gasteiger partial charge >= 0.3 is 0 Å². The van der Waals surface area contributed by atoms with Crippen molar-refractivity contribution in [3.8, 4) is 0 Å². The molecule has 1 amide bonds. The van der Waals surface area contributed by atoms with Crippen LogP contribution in [0, 0.1) is 0 Å². The first kappa shape index (κ1) is 21.3. The third-order valence-corrected chi connectivity index (χ3v) is 8.27. The van der Waals surface area contributed by atoms with Crippen molar-refractivity contribution in [1.29, 1.82) is 0 Å². The Balaban J connectivity index is 1.78. The quantitative estimate of drug-likeness (QED) is 0.739. The summed E-state index contributed by atoms with van der Waals surface area (Å²) in [4.78, 5) is 16.3. The van der Waals surface area contributed by atoms with Crippen LogP contribution in [0.4, 0.5) is 5.69 Å². The van der Waals surface area contributed by atoms with Gasteiger partial charge in [-0.25, -0.2) is 12.7 Å². The van der Waals surface area contributed by atoms with E-state index in [-0.39, 0.29) is 27.9 Å². The maximum Gasteiger partial charge on any atom is 0.244 e. The highest BCUT2D eigenvalue weighted by Crippen LogP contribution is 2.36. The third-order valence-electron chi connectivity index (χ3n) is 5.00. The van der Waals surface area contributed by atoms with Crippen molar-refractivity contribution >= 4 is 44.6 Å². The molecule has 3 rings (SSSR count). The molecule has 0 aliphatic carbocycles.